The summed E-state index contributed by atoms with van der Waals surface area (Å²) in [5, 5.41) is 3.92. The molecule has 2 unspecified atom stereocenters. The number of aromatic nitrogens is 2. The Hall–Kier alpha value is -0.610. The SMILES string of the molecule is CNC1CCCc2nc(C3CCCS3)ncc21. The van der Waals surface area contributed by atoms with Gasteiger partial charge in [-0.05, 0) is 44.9 Å². The topological polar surface area (TPSA) is 37.8 Å². The minimum Gasteiger partial charge on any atom is -0.313 e. The van der Waals surface area contributed by atoms with Crippen molar-refractivity contribution < 1.29 is 0 Å². The maximum atomic E-state index is 4.82. The highest BCUT2D eigenvalue weighted by atomic mass is 32.2. The summed E-state index contributed by atoms with van der Waals surface area (Å²) in [7, 11) is 2.03. The predicted octanol–water partition coefficient (Wildman–Crippen LogP) is 2.64. The molecule has 0 aromatic carbocycles. The molecule has 92 valence electrons. The van der Waals surface area contributed by atoms with Gasteiger partial charge in [0.05, 0.1) is 5.25 Å². The average molecular weight is 249 g/mol. The molecule has 1 fully saturated rings. The normalized spacial score (nSPS) is 28.1. The van der Waals surface area contributed by atoms with Gasteiger partial charge in [0.2, 0.25) is 0 Å². The molecular weight excluding hydrogens is 230 g/mol. The Labute approximate surface area is 107 Å². The first-order chi connectivity index (χ1) is 8.38. The van der Waals surface area contributed by atoms with Gasteiger partial charge in [0.15, 0.2) is 0 Å². The number of hydrogen-bond acceptors (Lipinski definition) is 4. The molecule has 1 saturated heterocycles. The molecule has 1 aromatic heterocycles. The van der Waals surface area contributed by atoms with E-state index in [4.69, 9.17) is 4.98 Å². The van der Waals surface area contributed by atoms with E-state index in [1.807, 2.05) is 18.8 Å². The Morgan fingerprint density at radius 2 is 2.29 bits per heavy atom. The van der Waals surface area contributed by atoms with E-state index in [1.54, 1.807) is 0 Å². The van der Waals surface area contributed by atoms with E-state index >= 15 is 0 Å². The summed E-state index contributed by atoms with van der Waals surface area (Å²) in [6.45, 7) is 0. The van der Waals surface area contributed by atoms with Crippen molar-refractivity contribution in [2.75, 3.05) is 12.8 Å². The maximum Gasteiger partial charge on any atom is 0.141 e. The molecule has 2 atom stereocenters. The highest BCUT2D eigenvalue weighted by Gasteiger charge is 2.24. The predicted molar refractivity (Wildman–Crippen MR) is 71.2 cm³/mol. The van der Waals surface area contributed by atoms with Crippen LogP contribution in [-0.4, -0.2) is 22.8 Å². The van der Waals surface area contributed by atoms with Crippen molar-refractivity contribution >= 4 is 11.8 Å². The molecule has 4 heteroatoms. The first-order valence-electron chi connectivity index (χ1n) is 6.53. The fraction of sp³-hybridized carbons (Fsp3) is 0.692. The number of hydrogen-bond donors (Lipinski definition) is 1. The standard InChI is InChI=1S/C13H19N3S/c1-14-10-4-2-5-11-9(10)8-15-13(16-11)12-6-3-7-17-12/h8,10,12,14H,2-7H2,1H3. The van der Waals surface area contributed by atoms with Gasteiger partial charge >= 0.3 is 0 Å². The summed E-state index contributed by atoms with van der Waals surface area (Å²) in [6.07, 6.45) is 8.21. The van der Waals surface area contributed by atoms with E-state index in [0.29, 0.717) is 11.3 Å². The molecule has 0 amide bonds. The maximum absolute atomic E-state index is 4.82. The molecular formula is C13H19N3S. The van der Waals surface area contributed by atoms with E-state index in [2.05, 4.69) is 16.5 Å². The number of nitrogens with zero attached hydrogens (tertiary/aromatic N) is 2. The Balaban J connectivity index is 1.90. The molecule has 0 bridgehead atoms. The number of fused-ring (bicyclic) bond motifs is 1. The molecule has 17 heavy (non-hydrogen) atoms. The molecule has 0 radical (unpaired) electrons. The van der Waals surface area contributed by atoms with E-state index in [9.17, 15) is 0 Å². The lowest BCUT2D eigenvalue weighted by Crippen LogP contribution is -2.23. The quantitative estimate of drug-likeness (QED) is 0.874. The molecule has 2 aliphatic rings. The van der Waals surface area contributed by atoms with Crippen LogP contribution in [0.25, 0.3) is 0 Å². The Bertz CT molecular complexity index is 402. The lowest BCUT2D eigenvalue weighted by molar-refractivity contribution is 0.485. The van der Waals surface area contributed by atoms with Gasteiger partial charge in [-0.2, -0.15) is 11.8 Å². The third kappa shape index (κ3) is 2.20. The molecule has 1 N–H and O–H groups in total. The lowest BCUT2D eigenvalue weighted by atomic mass is 9.92. The third-order valence-corrected chi connectivity index (χ3v) is 5.14. The Morgan fingerprint density at radius 1 is 1.35 bits per heavy atom. The van der Waals surface area contributed by atoms with E-state index in [-0.39, 0.29) is 0 Å². The van der Waals surface area contributed by atoms with E-state index < -0.39 is 0 Å². The molecule has 1 aliphatic carbocycles. The largest absolute Gasteiger partial charge is 0.313 e. The number of nitrogens with one attached hydrogen (secondary N) is 1. The summed E-state index contributed by atoms with van der Waals surface area (Å²) in [5.74, 6) is 2.34. The molecule has 1 aromatic rings. The average Bonchev–Trinajstić information content (AvgIpc) is 2.91. The number of thioether (sulfide) groups is 1. The van der Waals surface area contributed by atoms with Gasteiger partial charge in [0.25, 0.3) is 0 Å². The lowest BCUT2D eigenvalue weighted by Gasteiger charge is -2.24. The smallest absolute Gasteiger partial charge is 0.141 e. The van der Waals surface area contributed by atoms with Crippen LogP contribution >= 0.6 is 11.8 Å². The second-order valence-electron chi connectivity index (χ2n) is 4.87. The summed E-state index contributed by atoms with van der Waals surface area (Å²) < 4.78 is 0. The van der Waals surface area contributed by atoms with Crippen molar-refractivity contribution in [3.63, 3.8) is 0 Å². The van der Waals surface area contributed by atoms with Gasteiger partial charge < -0.3 is 5.32 Å². The number of rotatable bonds is 2. The monoisotopic (exact) mass is 249 g/mol. The molecule has 1 aliphatic heterocycles. The summed E-state index contributed by atoms with van der Waals surface area (Å²) >= 11 is 2.01. The zero-order valence-electron chi connectivity index (χ0n) is 10.3. The van der Waals surface area contributed by atoms with Crippen LogP contribution in [0.5, 0.6) is 0 Å². The van der Waals surface area contributed by atoms with Gasteiger partial charge in [0, 0.05) is 23.5 Å². The van der Waals surface area contributed by atoms with E-state index in [1.165, 1.54) is 42.7 Å². The molecule has 0 saturated carbocycles. The van der Waals surface area contributed by atoms with Crippen molar-refractivity contribution in [3.05, 3.63) is 23.3 Å². The second kappa shape index (κ2) is 4.94. The van der Waals surface area contributed by atoms with Crippen molar-refractivity contribution in [1.82, 2.24) is 15.3 Å². The summed E-state index contributed by atoms with van der Waals surface area (Å²) in [5.41, 5.74) is 2.61. The fourth-order valence-corrected chi connectivity index (χ4v) is 4.01. The first kappa shape index (κ1) is 11.5. The van der Waals surface area contributed by atoms with Gasteiger partial charge in [-0.15, -0.1) is 0 Å². The van der Waals surface area contributed by atoms with Crippen LogP contribution in [-0.2, 0) is 6.42 Å². The van der Waals surface area contributed by atoms with Crippen LogP contribution in [0.1, 0.15) is 54.1 Å². The van der Waals surface area contributed by atoms with Crippen LogP contribution in [0.3, 0.4) is 0 Å². The molecule has 3 nitrogen and oxygen atoms in total. The number of aryl methyl sites for hydroxylation is 1. The summed E-state index contributed by atoms with van der Waals surface area (Å²) in [6, 6.07) is 0.462. The summed E-state index contributed by atoms with van der Waals surface area (Å²) in [4.78, 5) is 9.42. The van der Waals surface area contributed by atoms with Crippen LogP contribution < -0.4 is 5.32 Å². The molecule has 3 rings (SSSR count). The van der Waals surface area contributed by atoms with Crippen LogP contribution in [0.15, 0.2) is 6.20 Å². The van der Waals surface area contributed by atoms with Crippen molar-refractivity contribution in [2.45, 2.75) is 43.4 Å². The van der Waals surface area contributed by atoms with Crippen molar-refractivity contribution in [2.24, 2.45) is 0 Å². The van der Waals surface area contributed by atoms with Crippen LogP contribution in [0, 0.1) is 0 Å². The highest BCUT2D eigenvalue weighted by molar-refractivity contribution is 7.99. The molecule has 2 heterocycles. The van der Waals surface area contributed by atoms with E-state index in [0.717, 1.165) is 12.2 Å². The highest BCUT2D eigenvalue weighted by Crippen LogP contribution is 2.39. The third-order valence-electron chi connectivity index (χ3n) is 3.77. The van der Waals surface area contributed by atoms with Crippen molar-refractivity contribution in [3.8, 4) is 0 Å². The minimum atomic E-state index is 0.462. The van der Waals surface area contributed by atoms with Crippen molar-refractivity contribution in [1.29, 1.82) is 0 Å². The van der Waals surface area contributed by atoms with Crippen LogP contribution in [0.4, 0.5) is 0 Å². The zero-order valence-corrected chi connectivity index (χ0v) is 11.1. The van der Waals surface area contributed by atoms with Gasteiger partial charge in [-0.25, -0.2) is 9.97 Å². The Morgan fingerprint density at radius 3 is 3.06 bits per heavy atom. The van der Waals surface area contributed by atoms with Gasteiger partial charge in [0.1, 0.15) is 5.82 Å². The van der Waals surface area contributed by atoms with Gasteiger partial charge in [-0.3, -0.25) is 0 Å². The zero-order chi connectivity index (χ0) is 11.7. The fourth-order valence-electron chi connectivity index (χ4n) is 2.80. The minimum absolute atomic E-state index is 0.462. The molecule has 0 spiro atoms. The second-order valence-corrected chi connectivity index (χ2v) is 6.18. The van der Waals surface area contributed by atoms with Gasteiger partial charge in [-0.1, -0.05) is 0 Å². The Kier molecular flexibility index (Phi) is 3.34. The first-order valence-corrected chi connectivity index (χ1v) is 7.58. The van der Waals surface area contributed by atoms with Crippen LogP contribution in [0.2, 0.25) is 0 Å².